The summed E-state index contributed by atoms with van der Waals surface area (Å²) in [5.41, 5.74) is 4.08. The highest BCUT2D eigenvalue weighted by atomic mass is 127. The first-order valence-corrected chi connectivity index (χ1v) is 10.8. The van der Waals surface area contributed by atoms with Gasteiger partial charge in [0.15, 0.2) is 6.61 Å². The molecule has 0 unspecified atom stereocenters. The number of nitrogens with zero attached hydrogens (tertiary/aromatic N) is 1. The lowest BCUT2D eigenvalue weighted by molar-refractivity contribution is -0.123. The van der Waals surface area contributed by atoms with Gasteiger partial charge in [0.1, 0.15) is 29.6 Å². The van der Waals surface area contributed by atoms with Crippen LogP contribution in [0.5, 0.6) is 23.0 Å². The van der Waals surface area contributed by atoms with Gasteiger partial charge in [-0.25, -0.2) is 5.43 Å². The Bertz CT molecular complexity index is 1070. The van der Waals surface area contributed by atoms with E-state index in [0.717, 1.165) is 14.9 Å². The van der Waals surface area contributed by atoms with Crippen molar-refractivity contribution >= 4 is 34.7 Å². The van der Waals surface area contributed by atoms with Gasteiger partial charge in [-0.3, -0.25) is 4.79 Å². The molecule has 0 saturated heterocycles. The van der Waals surface area contributed by atoms with Crippen LogP contribution in [-0.2, 0) is 11.4 Å². The molecule has 0 saturated carbocycles. The molecule has 8 heteroatoms. The zero-order chi connectivity index (χ0) is 22.8. The molecule has 3 aromatic rings. The Balaban J connectivity index is 1.60. The third-order valence-corrected chi connectivity index (χ3v) is 5.04. The van der Waals surface area contributed by atoms with E-state index in [-0.39, 0.29) is 12.5 Å². The van der Waals surface area contributed by atoms with Gasteiger partial charge < -0.3 is 18.9 Å². The number of carbonyl (C=O) groups excluding carboxylic acids is 1. The van der Waals surface area contributed by atoms with Crippen LogP contribution in [0.1, 0.15) is 11.1 Å². The molecule has 0 fully saturated rings. The third kappa shape index (κ3) is 7.16. The predicted molar refractivity (Wildman–Crippen MR) is 131 cm³/mol. The minimum absolute atomic E-state index is 0.144. The van der Waals surface area contributed by atoms with Gasteiger partial charge >= 0.3 is 0 Å². The maximum absolute atomic E-state index is 12.0. The highest BCUT2D eigenvalue weighted by Crippen LogP contribution is 2.24. The molecule has 0 bridgehead atoms. The Hall–Kier alpha value is -3.27. The standard InChI is InChI=1S/C24H23IN2O5/c1-29-21-5-3-4-17(12-21)15-32-23-11-10-22(30-2)13-18(23)14-26-27-24(28)16-31-20-8-6-19(25)7-9-20/h3-14H,15-16H2,1-2H3,(H,27,28)/b26-14-. The fraction of sp³-hybridized carbons (Fsp3) is 0.167. The molecule has 0 aliphatic carbocycles. The SMILES string of the molecule is COc1cccc(COc2ccc(OC)cc2/C=N\NC(=O)COc2ccc(I)cc2)c1. The first-order valence-electron chi connectivity index (χ1n) is 9.71. The number of hydrogen-bond acceptors (Lipinski definition) is 6. The number of ether oxygens (including phenoxy) is 4. The lowest BCUT2D eigenvalue weighted by Gasteiger charge is -2.11. The number of nitrogens with one attached hydrogen (secondary N) is 1. The zero-order valence-corrected chi connectivity index (χ0v) is 19.9. The van der Waals surface area contributed by atoms with Gasteiger partial charge in [0, 0.05) is 9.13 Å². The molecule has 32 heavy (non-hydrogen) atoms. The predicted octanol–water partition coefficient (Wildman–Crippen LogP) is 4.42. The summed E-state index contributed by atoms with van der Waals surface area (Å²) in [4.78, 5) is 12.0. The fourth-order valence-electron chi connectivity index (χ4n) is 2.69. The summed E-state index contributed by atoms with van der Waals surface area (Å²) in [7, 11) is 3.20. The van der Waals surface area contributed by atoms with Gasteiger partial charge in [0.25, 0.3) is 5.91 Å². The first-order chi connectivity index (χ1) is 15.6. The minimum atomic E-state index is -0.374. The van der Waals surface area contributed by atoms with Gasteiger partial charge in [-0.15, -0.1) is 0 Å². The number of carbonyl (C=O) groups is 1. The van der Waals surface area contributed by atoms with Crippen LogP contribution in [0.4, 0.5) is 0 Å². The molecule has 0 spiro atoms. The van der Waals surface area contributed by atoms with Crippen LogP contribution in [0.2, 0.25) is 0 Å². The van der Waals surface area contributed by atoms with Gasteiger partial charge in [0.05, 0.1) is 20.4 Å². The molecule has 7 nitrogen and oxygen atoms in total. The van der Waals surface area contributed by atoms with Crippen molar-refractivity contribution < 1.29 is 23.7 Å². The van der Waals surface area contributed by atoms with E-state index in [1.54, 1.807) is 44.6 Å². The minimum Gasteiger partial charge on any atom is -0.497 e. The maximum Gasteiger partial charge on any atom is 0.277 e. The number of hydrogen-bond donors (Lipinski definition) is 1. The van der Waals surface area contributed by atoms with Gasteiger partial charge in [-0.05, 0) is 82.8 Å². The number of methoxy groups -OCH3 is 2. The Morgan fingerprint density at radius 2 is 1.66 bits per heavy atom. The van der Waals surface area contributed by atoms with Gasteiger partial charge in [-0.1, -0.05) is 12.1 Å². The number of hydrazone groups is 1. The molecule has 0 heterocycles. The molecule has 3 rings (SSSR count). The summed E-state index contributed by atoms with van der Waals surface area (Å²) >= 11 is 2.20. The van der Waals surface area contributed by atoms with Crippen LogP contribution in [0, 0.1) is 3.57 Å². The second-order valence-electron chi connectivity index (χ2n) is 6.58. The van der Waals surface area contributed by atoms with Gasteiger partial charge in [-0.2, -0.15) is 5.10 Å². The topological polar surface area (TPSA) is 78.4 Å². The number of rotatable bonds is 10. The number of halogens is 1. The smallest absolute Gasteiger partial charge is 0.277 e. The molecule has 0 aromatic heterocycles. The second-order valence-corrected chi connectivity index (χ2v) is 7.83. The van der Waals surface area contributed by atoms with Crippen LogP contribution in [0.15, 0.2) is 71.8 Å². The van der Waals surface area contributed by atoms with E-state index in [4.69, 9.17) is 18.9 Å². The summed E-state index contributed by atoms with van der Waals surface area (Å²) in [5.74, 6) is 2.25. The normalized spacial score (nSPS) is 10.6. The van der Waals surface area contributed by atoms with E-state index in [1.807, 2.05) is 36.4 Å². The molecular weight excluding hydrogens is 523 g/mol. The largest absolute Gasteiger partial charge is 0.497 e. The van der Waals surface area contributed by atoms with Crippen molar-refractivity contribution in [3.63, 3.8) is 0 Å². The Morgan fingerprint density at radius 3 is 2.41 bits per heavy atom. The van der Waals surface area contributed by atoms with Crippen molar-refractivity contribution in [2.75, 3.05) is 20.8 Å². The lowest BCUT2D eigenvalue weighted by Crippen LogP contribution is -2.24. The molecule has 0 radical (unpaired) electrons. The monoisotopic (exact) mass is 546 g/mol. The second kappa shape index (κ2) is 11.9. The maximum atomic E-state index is 12.0. The summed E-state index contributed by atoms with van der Waals surface area (Å²) in [6, 6.07) is 20.4. The van der Waals surface area contributed by atoms with Crippen molar-refractivity contribution in [2.45, 2.75) is 6.61 Å². The van der Waals surface area contributed by atoms with E-state index in [0.29, 0.717) is 29.4 Å². The molecular formula is C24H23IN2O5. The molecule has 1 amide bonds. The number of benzene rings is 3. The molecule has 0 atom stereocenters. The molecule has 166 valence electrons. The average Bonchev–Trinajstić information content (AvgIpc) is 2.83. The van der Waals surface area contributed by atoms with E-state index >= 15 is 0 Å². The van der Waals surface area contributed by atoms with E-state index in [1.165, 1.54) is 6.21 Å². The average molecular weight is 546 g/mol. The molecule has 1 N–H and O–H groups in total. The van der Waals surface area contributed by atoms with Crippen molar-refractivity contribution in [1.82, 2.24) is 5.43 Å². The molecule has 0 aliphatic rings. The van der Waals surface area contributed by atoms with Crippen LogP contribution in [0.3, 0.4) is 0 Å². The quantitative estimate of drug-likeness (QED) is 0.232. The highest BCUT2D eigenvalue weighted by Gasteiger charge is 2.07. The summed E-state index contributed by atoms with van der Waals surface area (Å²) in [5, 5.41) is 4.03. The Labute approximate surface area is 200 Å². The fourth-order valence-corrected chi connectivity index (χ4v) is 3.05. The third-order valence-electron chi connectivity index (χ3n) is 4.32. The molecule has 3 aromatic carbocycles. The Kier molecular flexibility index (Phi) is 8.73. The summed E-state index contributed by atoms with van der Waals surface area (Å²) in [6.45, 7) is 0.204. The van der Waals surface area contributed by atoms with E-state index in [2.05, 4.69) is 33.1 Å². The van der Waals surface area contributed by atoms with Crippen molar-refractivity contribution in [2.24, 2.45) is 5.10 Å². The first kappa shape index (κ1) is 23.4. The van der Waals surface area contributed by atoms with Crippen molar-refractivity contribution in [3.05, 3.63) is 81.4 Å². The Morgan fingerprint density at radius 1 is 0.938 bits per heavy atom. The van der Waals surface area contributed by atoms with Crippen LogP contribution < -0.4 is 24.4 Å². The highest BCUT2D eigenvalue weighted by molar-refractivity contribution is 14.1. The van der Waals surface area contributed by atoms with Gasteiger partial charge in [0.2, 0.25) is 0 Å². The van der Waals surface area contributed by atoms with Crippen molar-refractivity contribution in [3.8, 4) is 23.0 Å². The molecule has 0 aliphatic heterocycles. The van der Waals surface area contributed by atoms with Crippen molar-refractivity contribution in [1.29, 1.82) is 0 Å². The van der Waals surface area contributed by atoms with E-state index < -0.39 is 0 Å². The van der Waals surface area contributed by atoms with Crippen LogP contribution in [-0.4, -0.2) is 32.9 Å². The zero-order valence-electron chi connectivity index (χ0n) is 17.7. The summed E-state index contributed by atoms with van der Waals surface area (Å²) < 4.78 is 23.0. The van der Waals surface area contributed by atoms with Crippen LogP contribution in [0.25, 0.3) is 0 Å². The summed E-state index contributed by atoms with van der Waals surface area (Å²) in [6.07, 6.45) is 1.51. The van der Waals surface area contributed by atoms with Crippen LogP contribution >= 0.6 is 22.6 Å². The number of amides is 1. The lowest BCUT2D eigenvalue weighted by atomic mass is 10.2. The van der Waals surface area contributed by atoms with E-state index in [9.17, 15) is 4.79 Å².